The van der Waals surface area contributed by atoms with E-state index in [4.69, 9.17) is 0 Å². The van der Waals surface area contributed by atoms with Gasteiger partial charge in [0.15, 0.2) is 0 Å². The molecule has 7 rings (SSSR count). The van der Waals surface area contributed by atoms with Gasteiger partial charge >= 0.3 is 0 Å². The summed E-state index contributed by atoms with van der Waals surface area (Å²) in [4.78, 5) is 2.13. The number of hydrogen-bond acceptors (Lipinski definition) is 1. The van der Waals surface area contributed by atoms with Gasteiger partial charge in [-0.15, -0.1) is 0 Å². The second kappa shape index (κ2) is 9.48. The number of para-hydroxylation sites is 4. The van der Waals surface area contributed by atoms with Gasteiger partial charge in [-0.2, -0.15) is 0 Å². The molecule has 7 aromatic rings. The highest BCUT2D eigenvalue weighted by Gasteiger charge is 2.17. The minimum Gasteiger partial charge on any atom is -0.345 e. The molecule has 0 bridgehead atoms. The first-order valence-electron chi connectivity index (χ1n) is 13.5. The van der Waals surface area contributed by atoms with Crippen LogP contribution in [0.5, 0.6) is 0 Å². The lowest BCUT2D eigenvalue weighted by atomic mass is 10.2. The summed E-state index contributed by atoms with van der Waals surface area (Å²) >= 11 is 0. The number of likely N-dealkylation sites (N-methyl/N-ethyl adjacent to an activating group) is 1. The van der Waals surface area contributed by atoms with Crippen molar-refractivity contribution in [1.82, 2.24) is 9.13 Å². The Bertz CT molecular complexity index is 1880. The minimum absolute atomic E-state index is 0.882. The molecule has 0 fully saturated rings. The van der Waals surface area contributed by atoms with E-state index in [1.165, 1.54) is 43.6 Å². The predicted molar refractivity (Wildman–Crippen MR) is 172 cm³/mol. The van der Waals surface area contributed by atoms with Crippen LogP contribution in [0.15, 0.2) is 152 Å². The largest absolute Gasteiger partial charge is 0.345 e. The van der Waals surface area contributed by atoms with Gasteiger partial charge in [-0.3, -0.25) is 0 Å². The molecule has 0 amide bonds. The summed E-state index contributed by atoms with van der Waals surface area (Å²) in [6.07, 6.45) is 5.68. The molecule has 0 saturated heterocycles. The number of anilines is 1. The van der Waals surface area contributed by atoms with Crippen LogP contribution in [0.3, 0.4) is 0 Å². The smallest absolute Gasteiger partial charge is 0.0541 e. The first-order chi connectivity index (χ1) is 19.7. The Labute approximate surface area is 233 Å². The molecule has 5 aromatic carbocycles. The molecule has 0 atom stereocenters. The fraction of sp³-hybridized carbons (Fsp3) is 0.0270. The number of rotatable bonds is 6. The van der Waals surface area contributed by atoms with Gasteiger partial charge in [-0.1, -0.05) is 98.1 Å². The van der Waals surface area contributed by atoms with Gasteiger partial charge in [0, 0.05) is 40.0 Å². The van der Waals surface area contributed by atoms with Crippen molar-refractivity contribution in [3.05, 3.63) is 152 Å². The van der Waals surface area contributed by atoms with Crippen molar-refractivity contribution in [2.45, 2.75) is 0 Å². The van der Waals surface area contributed by atoms with Gasteiger partial charge in [0.05, 0.1) is 33.4 Å². The molecule has 3 heteroatoms. The Morgan fingerprint density at radius 3 is 1.35 bits per heavy atom. The average molecular weight is 516 g/mol. The fourth-order valence-corrected chi connectivity index (χ4v) is 5.89. The number of hydrogen-bond donors (Lipinski definition) is 0. The summed E-state index contributed by atoms with van der Waals surface area (Å²) in [6, 6.07) is 41.4. The van der Waals surface area contributed by atoms with Gasteiger partial charge in [0.2, 0.25) is 0 Å². The maximum Gasteiger partial charge on any atom is 0.0541 e. The van der Waals surface area contributed by atoms with Crippen LogP contribution in [0.4, 0.5) is 5.69 Å². The first-order valence-corrected chi connectivity index (χ1v) is 13.5. The van der Waals surface area contributed by atoms with E-state index in [0.717, 1.165) is 22.8 Å². The van der Waals surface area contributed by atoms with E-state index in [9.17, 15) is 0 Å². The van der Waals surface area contributed by atoms with Crippen LogP contribution in [-0.4, -0.2) is 16.2 Å². The highest BCUT2D eigenvalue weighted by Crippen LogP contribution is 2.37. The normalized spacial score (nSPS) is 11.7. The van der Waals surface area contributed by atoms with E-state index < -0.39 is 0 Å². The Morgan fingerprint density at radius 2 is 0.975 bits per heavy atom. The Morgan fingerprint density at radius 1 is 0.600 bits per heavy atom. The summed E-state index contributed by atoms with van der Waals surface area (Å²) in [5.74, 6) is 0. The maximum absolute atomic E-state index is 4.33. The van der Waals surface area contributed by atoms with Crippen LogP contribution in [-0.2, 0) is 0 Å². The first kappa shape index (κ1) is 23.8. The molecule has 0 aliphatic carbocycles. The second-order valence-electron chi connectivity index (χ2n) is 10.1. The van der Waals surface area contributed by atoms with Crippen molar-refractivity contribution in [3.63, 3.8) is 0 Å². The molecule has 0 unspecified atom stereocenters. The van der Waals surface area contributed by atoms with Crippen LogP contribution in [0.25, 0.3) is 55.0 Å². The third kappa shape index (κ3) is 3.67. The van der Waals surface area contributed by atoms with E-state index in [0.29, 0.717) is 0 Å². The Hall–Kier alpha value is -5.28. The van der Waals surface area contributed by atoms with Crippen molar-refractivity contribution >= 4 is 49.3 Å². The molecular formula is C37H29N3. The lowest BCUT2D eigenvalue weighted by Crippen LogP contribution is -2.15. The molecule has 0 N–H and O–H groups in total. The molecule has 2 heterocycles. The summed E-state index contributed by atoms with van der Waals surface area (Å²) in [5, 5.41) is 4.98. The van der Waals surface area contributed by atoms with Crippen LogP contribution in [0.1, 0.15) is 0 Å². The third-order valence-electron chi connectivity index (χ3n) is 7.81. The van der Waals surface area contributed by atoms with Crippen molar-refractivity contribution in [2.24, 2.45) is 0 Å². The maximum atomic E-state index is 4.33. The highest BCUT2D eigenvalue weighted by atomic mass is 15.1. The molecule has 0 aliphatic heterocycles. The summed E-state index contributed by atoms with van der Waals surface area (Å²) < 4.78 is 4.75. The number of benzene rings is 5. The van der Waals surface area contributed by atoms with Crippen LogP contribution in [0, 0.1) is 0 Å². The van der Waals surface area contributed by atoms with Gasteiger partial charge < -0.3 is 14.0 Å². The van der Waals surface area contributed by atoms with Gasteiger partial charge in [0.1, 0.15) is 0 Å². The van der Waals surface area contributed by atoms with Crippen molar-refractivity contribution in [2.75, 3.05) is 11.9 Å². The molecule has 40 heavy (non-hydrogen) atoms. The van der Waals surface area contributed by atoms with E-state index in [1.807, 2.05) is 12.2 Å². The zero-order valence-corrected chi connectivity index (χ0v) is 22.5. The molecule has 0 spiro atoms. The molecule has 0 saturated carbocycles. The topological polar surface area (TPSA) is 13.1 Å². The monoisotopic (exact) mass is 515 g/mol. The Balaban J connectivity index is 1.57. The highest BCUT2D eigenvalue weighted by molar-refractivity contribution is 6.10. The standard InChI is InChI=1S/C37H29N3/c1-4-5-14-26(2)38(3)27-23-28(39-34-19-10-6-15-30(34)31-16-7-11-20-35(31)39)25-29(24-27)40-36-21-12-8-17-32(36)33-18-9-13-22-37(33)40/h4-25H,1-2H2,3H3/b14-5-. The van der Waals surface area contributed by atoms with Crippen molar-refractivity contribution in [3.8, 4) is 11.4 Å². The van der Waals surface area contributed by atoms with Gasteiger partial charge in [-0.25, -0.2) is 0 Å². The summed E-state index contributed by atoms with van der Waals surface area (Å²) in [6.45, 7) is 8.15. The van der Waals surface area contributed by atoms with Crippen LogP contribution < -0.4 is 4.90 Å². The predicted octanol–water partition coefficient (Wildman–Crippen LogP) is 9.57. The van der Waals surface area contributed by atoms with Crippen molar-refractivity contribution < 1.29 is 0 Å². The Kier molecular flexibility index (Phi) is 5.64. The summed E-state index contributed by atoms with van der Waals surface area (Å²) in [5.41, 5.74) is 8.86. The lowest BCUT2D eigenvalue weighted by Gasteiger charge is -2.23. The second-order valence-corrected chi connectivity index (χ2v) is 10.1. The summed E-state index contributed by atoms with van der Waals surface area (Å²) in [7, 11) is 2.07. The SMILES string of the molecule is C=C/C=C\C(=C)N(C)c1cc(-n2c3ccccc3c3ccccc32)cc(-n2c3ccccc3c3ccccc32)c1. The lowest BCUT2D eigenvalue weighted by molar-refractivity contribution is 1.09. The average Bonchev–Trinajstić information content (AvgIpc) is 3.52. The number of aromatic nitrogens is 2. The molecule has 3 nitrogen and oxygen atoms in total. The zero-order valence-electron chi connectivity index (χ0n) is 22.5. The van der Waals surface area contributed by atoms with Gasteiger partial charge in [0.25, 0.3) is 0 Å². The molecule has 0 radical (unpaired) electrons. The van der Waals surface area contributed by atoms with E-state index in [1.54, 1.807) is 6.08 Å². The van der Waals surface area contributed by atoms with Crippen LogP contribution >= 0.6 is 0 Å². The van der Waals surface area contributed by atoms with Crippen molar-refractivity contribution in [1.29, 1.82) is 0 Å². The molecule has 192 valence electrons. The quantitative estimate of drug-likeness (QED) is 0.201. The number of allylic oxidation sites excluding steroid dienone is 3. The molecular weight excluding hydrogens is 486 g/mol. The van der Waals surface area contributed by atoms with E-state index in [2.05, 4.69) is 150 Å². The van der Waals surface area contributed by atoms with E-state index >= 15 is 0 Å². The van der Waals surface area contributed by atoms with E-state index in [-0.39, 0.29) is 0 Å². The number of fused-ring (bicyclic) bond motifs is 6. The minimum atomic E-state index is 0.882. The third-order valence-corrected chi connectivity index (χ3v) is 7.81. The number of nitrogens with zero attached hydrogens (tertiary/aromatic N) is 3. The van der Waals surface area contributed by atoms with Crippen LogP contribution in [0.2, 0.25) is 0 Å². The zero-order chi connectivity index (χ0) is 27.2. The van der Waals surface area contributed by atoms with Gasteiger partial charge in [-0.05, 0) is 48.5 Å². The fourth-order valence-electron chi connectivity index (χ4n) is 5.89. The molecule has 2 aromatic heterocycles. The molecule has 0 aliphatic rings.